The second kappa shape index (κ2) is 9.90. The second-order valence-corrected chi connectivity index (χ2v) is 6.55. The number of carbonyl (C=O) groups excluding carboxylic acids is 1. The fourth-order valence-corrected chi connectivity index (χ4v) is 2.60. The molecule has 10 heteroatoms. The molecule has 0 aliphatic heterocycles. The molecule has 0 saturated carbocycles. The first-order valence-electron chi connectivity index (χ1n) is 8.92. The SMILES string of the molecule is Cc1cc(=O)oc2cc(NC(=O)[C@@H](N)Cc3ccccc3)ccc12.O=C(O)C(F)(F)F. The molecule has 0 radical (unpaired) electrons. The lowest BCUT2D eigenvalue weighted by molar-refractivity contribution is -0.192. The Bertz CT molecular complexity index is 1130. The zero-order valence-corrected chi connectivity index (χ0v) is 16.3. The molecule has 3 aromatic rings. The number of anilines is 1. The highest BCUT2D eigenvalue weighted by molar-refractivity contribution is 5.96. The second-order valence-electron chi connectivity index (χ2n) is 6.55. The van der Waals surface area contributed by atoms with Gasteiger partial charge in [-0.3, -0.25) is 4.79 Å². The van der Waals surface area contributed by atoms with Gasteiger partial charge in [0.15, 0.2) is 0 Å². The minimum absolute atomic E-state index is 0.284. The van der Waals surface area contributed by atoms with Crippen molar-refractivity contribution in [3.63, 3.8) is 0 Å². The van der Waals surface area contributed by atoms with Crippen LogP contribution in [0.1, 0.15) is 11.1 Å². The van der Waals surface area contributed by atoms with Gasteiger partial charge in [0, 0.05) is 23.2 Å². The summed E-state index contributed by atoms with van der Waals surface area (Å²) in [5.41, 5.74) is 8.38. The molecule has 0 aliphatic carbocycles. The third-order valence-corrected chi connectivity index (χ3v) is 4.10. The van der Waals surface area contributed by atoms with Gasteiger partial charge in [-0.25, -0.2) is 9.59 Å². The molecule has 1 atom stereocenters. The van der Waals surface area contributed by atoms with Gasteiger partial charge in [0.2, 0.25) is 5.91 Å². The molecule has 164 valence electrons. The van der Waals surface area contributed by atoms with Crippen molar-refractivity contribution in [2.45, 2.75) is 25.6 Å². The predicted octanol–water partition coefficient (Wildman–Crippen LogP) is 3.24. The minimum atomic E-state index is -5.08. The van der Waals surface area contributed by atoms with Crippen LogP contribution in [0.3, 0.4) is 0 Å². The van der Waals surface area contributed by atoms with Gasteiger partial charge < -0.3 is 20.6 Å². The van der Waals surface area contributed by atoms with Gasteiger partial charge in [-0.1, -0.05) is 30.3 Å². The van der Waals surface area contributed by atoms with Crippen molar-refractivity contribution in [3.8, 4) is 0 Å². The Morgan fingerprint density at radius 3 is 2.32 bits per heavy atom. The third kappa shape index (κ3) is 6.96. The number of hydrogen-bond donors (Lipinski definition) is 3. The van der Waals surface area contributed by atoms with Gasteiger partial charge in [0.1, 0.15) is 5.58 Å². The fourth-order valence-electron chi connectivity index (χ4n) is 2.60. The van der Waals surface area contributed by atoms with Crippen LogP contribution < -0.4 is 16.7 Å². The van der Waals surface area contributed by atoms with E-state index in [1.807, 2.05) is 43.3 Å². The van der Waals surface area contributed by atoms with E-state index in [1.165, 1.54) is 6.07 Å². The lowest BCUT2D eigenvalue weighted by Gasteiger charge is -2.13. The van der Waals surface area contributed by atoms with Crippen LogP contribution in [0, 0.1) is 6.92 Å². The molecule has 0 unspecified atom stereocenters. The zero-order chi connectivity index (χ0) is 23.2. The van der Waals surface area contributed by atoms with Crippen LogP contribution >= 0.6 is 0 Å². The van der Waals surface area contributed by atoms with Crippen molar-refractivity contribution in [2.24, 2.45) is 5.73 Å². The molecule has 0 saturated heterocycles. The van der Waals surface area contributed by atoms with Crippen LogP contribution in [0.2, 0.25) is 0 Å². The number of carboxylic acids is 1. The van der Waals surface area contributed by atoms with Crippen LogP contribution in [-0.4, -0.2) is 29.2 Å². The summed E-state index contributed by atoms with van der Waals surface area (Å²) in [4.78, 5) is 32.6. The number of aliphatic carboxylic acids is 1. The molecule has 3 rings (SSSR count). The highest BCUT2D eigenvalue weighted by Gasteiger charge is 2.38. The largest absolute Gasteiger partial charge is 0.490 e. The Balaban J connectivity index is 0.000000423. The van der Waals surface area contributed by atoms with E-state index >= 15 is 0 Å². The Kier molecular flexibility index (Phi) is 7.54. The first-order valence-corrected chi connectivity index (χ1v) is 8.92. The summed E-state index contributed by atoms with van der Waals surface area (Å²) < 4.78 is 36.9. The average molecular weight is 436 g/mol. The van der Waals surface area contributed by atoms with Gasteiger partial charge in [-0.15, -0.1) is 0 Å². The van der Waals surface area contributed by atoms with E-state index in [9.17, 15) is 22.8 Å². The number of nitrogens with two attached hydrogens (primary N) is 1. The van der Waals surface area contributed by atoms with E-state index in [0.29, 0.717) is 17.7 Å². The standard InChI is InChI=1S/C19H18N2O3.C2HF3O2/c1-12-9-18(22)24-17-11-14(7-8-15(12)17)21-19(23)16(20)10-13-5-3-2-4-6-13;3-2(4,5)1(6)7/h2-9,11,16H,10,20H2,1H3,(H,21,23);(H,6,7)/t16-;/m0./s1. The topological polar surface area (TPSA) is 123 Å². The molecule has 2 aromatic carbocycles. The Morgan fingerprint density at radius 2 is 1.74 bits per heavy atom. The molecule has 0 bridgehead atoms. The Hall–Kier alpha value is -3.66. The number of fused-ring (bicyclic) bond motifs is 1. The number of halogens is 3. The zero-order valence-electron chi connectivity index (χ0n) is 16.3. The van der Waals surface area contributed by atoms with E-state index in [0.717, 1.165) is 16.5 Å². The molecule has 4 N–H and O–H groups in total. The molecule has 31 heavy (non-hydrogen) atoms. The van der Waals surface area contributed by atoms with Gasteiger partial charge >= 0.3 is 17.8 Å². The van der Waals surface area contributed by atoms with E-state index in [-0.39, 0.29) is 5.91 Å². The lowest BCUT2D eigenvalue weighted by Crippen LogP contribution is -2.37. The summed E-state index contributed by atoms with van der Waals surface area (Å²) in [6.07, 6.45) is -4.63. The van der Waals surface area contributed by atoms with Crippen molar-refractivity contribution in [1.82, 2.24) is 0 Å². The number of benzene rings is 2. The predicted molar refractivity (Wildman–Crippen MR) is 108 cm³/mol. The van der Waals surface area contributed by atoms with Crippen LogP contribution in [-0.2, 0) is 16.0 Å². The van der Waals surface area contributed by atoms with Gasteiger partial charge in [0.25, 0.3) is 0 Å². The smallest absolute Gasteiger partial charge is 0.475 e. The summed E-state index contributed by atoms with van der Waals surface area (Å²) >= 11 is 0. The molecule has 1 amide bonds. The Labute approximate surface area is 174 Å². The number of aryl methyl sites for hydroxylation is 1. The summed E-state index contributed by atoms with van der Waals surface area (Å²) in [5.74, 6) is -3.04. The van der Waals surface area contributed by atoms with Crippen molar-refractivity contribution < 1.29 is 32.3 Å². The Morgan fingerprint density at radius 1 is 1.13 bits per heavy atom. The van der Waals surface area contributed by atoms with Crippen molar-refractivity contribution >= 4 is 28.5 Å². The molecule has 0 spiro atoms. The molecule has 0 fully saturated rings. The van der Waals surface area contributed by atoms with Crippen molar-refractivity contribution in [3.05, 3.63) is 76.1 Å². The minimum Gasteiger partial charge on any atom is -0.475 e. The highest BCUT2D eigenvalue weighted by Crippen LogP contribution is 2.21. The van der Waals surface area contributed by atoms with Crippen LogP contribution in [0.15, 0.2) is 63.8 Å². The average Bonchev–Trinajstić information content (AvgIpc) is 2.68. The number of nitrogens with one attached hydrogen (secondary N) is 1. The molecule has 1 heterocycles. The number of alkyl halides is 3. The first-order chi connectivity index (χ1) is 14.5. The molecule has 1 aromatic heterocycles. The number of hydrogen-bond acceptors (Lipinski definition) is 5. The fraction of sp³-hybridized carbons (Fsp3) is 0.190. The molecular weight excluding hydrogens is 417 g/mol. The van der Waals surface area contributed by atoms with E-state index in [4.69, 9.17) is 20.1 Å². The molecule has 0 aliphatic rings. The molecular formula is C21H19F3N2O5. The number of carboxylic acid groups (broad SMARTS) is 1. The number of rotatable bonds is 4. The maximum Gasteiger partial charge on any atom is 0.490 e. The van der Waals surface area contributed by atoms with Crippen LogP contribution in [0.5, 0.6) is 0 Å². The monoisotopic (exact) mass is 436 g/mol. The lowest BCUT2D eigenvalue weighted by atomic mass is 10.1. The number of amides is 1. The van der Waals surface area contributed by atoms with Gasteiger partial charge in [-0.05, 0) is 36.6 Å². The van der Waals surface area contributed by atoms with Gasteiger partial charge in [-0.2, -0.15) is 13.2 Å². The summed E-state index contributed by atoms with van der Waals surface area (Å²) in [6.45, 7) is 1.84. The van der Waals surface area contributed by atoms with E-state index in [1.54, 1.807) is 12.1 Å². The third-order valence-electron chi connectivity index (χ3n) is 4.10. The first kappa shape index (κ1) is 23.6. The maximum absolute atomic E-state index is 12.3. The van der Waals surface area contributed by atoms with Crippen molar-refractivity contribution in [2.75, 3.05) is 5.32 Å². The van der Waals surface area contributed by atoms with Crippen molar-refractivity contribution in [1.29, 1.82) is 0 Å². The summed E-state index contributed by atoms with van der Waals surface area (Å²) in [6, 6.07) is 15.6. The van der Waals surface area contributed by atoms with E-state index < -0.39 is 23.8 Å². The summed E-state index contributed by atoms with van der Waals surface area (Å²) in [7, 11) is 0. The maximum atomic E-state index is 12.3. The van der Waals surface area contributed by atoms with Crippen LogP contribution in [0.4, 0.5) is 18.9 Å². The highest BCUT2D eigenvalue weighted by atomic mass is 19.4. The molecule has 7 nitrogen and oxygen atoms in total. The van der Waals surface area contributed by atoms with E-state index in [2.05, 4.69) is 5.32 Å². The normalized spacial score (nSPS) is 11.9. The van der Waals surface area contributed by atoms with Crippen LogP contribution in [0.25, 0.3) is 11.0 Å². The number of carbonyl (C=O) groups is 2. The summed E-state index contributed by atoms with van der Waals surface area (Å²) in [5, 5.41) is 10.7. The van der Waals surface area contributed by atoms with Gasteiger partial charge in [0.05, 0.1) is 6.04 Å². The quantitative estimate of drug-likeness (QED) is 0.540.